The van der Waals surface area contributed by atoms with Crippen molar-refractivity contribution in [2.24, 2.45) is 0 Å². The number of hydrogen-bond acceptors (Lipinski definition) is 5. The Hall–Kier alpha value is -2.67. The fourth-order valence-corrected chi connectivity index (χ4v) is 2.80. The van der Waals surface area contributed by atoms with E-state index in [-0.39, 0.29) is 11.6 Å². The molecule has 1 aromatic carbocycles. The summed E-state index contributed by atoms with van der Waals surface area (Å²) in [6, 6.07) is 9.63. The molecule has 2 heterocycles. The number of carbonyl (C=O) groups is 1. The molecule has 1 amide bonds. The Labute approximate surface area is 143 Å². The molecule has 0 saturated carbocycles. The minimum absolute atomic E-state index is 0.0691. The lowest BCUT2D eigenvalue weighted by atomic mass is 10.2. The van der Waals surface area contributed by atoms with Crippen molar-refractivity contribution in [3.8, 4) is 0 Å². The molecule has 2 aromatic rings. The number of piperazine rings is 1. The minimum Gasteiger partial charge on any atom is -0.368 e. The van der Waals surface area contributed by atoms with Crippen molar-refractivity contribution in [3.05, 3.63) is 63.4 Å². The van der Waals surface area contributed by atoms with Crippen LogP contribution in [0.1, 0.15) is 10.5 Å². The Bertz CT molecular complexity index is 758. The molecule has 24 heavy (non-hydrogen) atoms. The summed E-state index contributed by atoms with van der Waals surface area (Å²) in [4.78, 5) is 30.6. The first-order valence-electron chi connectivity index (χ1n) is 7.45. The van der Waals surface area contributed by atoms with Crippen LogP contribution in [0.25, 0.3) is 0 Å². The number of anilines is 1. The summed E-state index contributed by atoms with van der Waals surface area (Å²) < 4.78 is 0. The number of hydrogen-bond donors (Lipinski definition) is 0. The number of benzene rings is 1. The molecule has 0 radical (unpaired) electrons. The van der Waals surface area contributed by atoms with Crippen molar-refractivity contribution < 1.29 is 9.72 Å². The Kier molecular flexibility index (Phi) is 4.61. The zero-order valence-corrected chi connectivity index (χ0v) is 13.5. The van der Waals surface area contributed by atoms with Crippen LogP contribution in [0.5, 0.6) is 0 Å². The van der Waals surface area contributed by atoms with E-state index in [0.29, 0.717) is 36.9 Å². The SMILES string of the molecule is O=C(c1cc(Cl)ccn1)N1CCN(c2ccc([N+](=O)[O-])cc2)CC1. The van der Waals surface area contributed by atoms with Crippen molar-refractivity contribution in [1.82, 2.24) is 9.88 Å². The topological polar surface area (TPSA) is 79.6 Å². The number of aromatic nitrogens is 1. The van der Waals surface area contributed by atoms with E-state index >= 15 is 0 Å². The average molecular weight is 347 g/mol. The van der Waals surface area contributed by atoms with Crippen LogP contribution >= 0.6 is 11.6 Å². The van der Waals surface area contributed by atoms with Gasteiger partial charge in [-0.2, -0.15) is 0 Å². The lowest BCUT2D eigenvalue weighted by molar-refractivity contribution is -0.384. The molecule has 8 heteroatoms. The molecule has 0 N–H and O–H groups in total. The second-order valence-corrected chi connectivity index (χ2v) is 5.85. The number of carbonyl (C=O) groups excluding carboxylic acids is 1. The number of nitro groups is 1. The van der Waals surface area contributed by atoms with Gasteiger partial charge in [0.15, 0.2) is 0 Å². The third kappa shape index (κ3) is 3.46. The molecule has 7 nitrogen and oxygen atoms in total. The summed E-state index contributed by atoms with van der Waals surface area (Å²) in [7, 11) is 0. The van der Waals surface area contributed by atoms with Crippen LogP contribution in [-0.2, 0) is 0 Å². The monoisotopic (exact) mass is 346 g/mol. The molecule has 0 unspecified atom stereocenters. The highest BCUT2D eigenvalue weighted by molar-refractivity contribution is 6.30. The fraction of sp³-hybridized carbons (Fsp3) is 0.250. The van der Waals surface area contributed by atoms with E-state index < -0.39 is 4.92 Å². The number of non-ortho nitro benzene ring substituents is 1. The van der Waals surface area contributed by atoms with Gasteiger partial charge in [0.25, 0.3) is 11.6 Å². The fourth-order valence-electron chi connectivity index (χ4n) is 2.64. The summed E-state index contributed by atoms with van der Waals surface area (Å²) in [6.45, 7) is 2.43. The van der Waals surface area contributed by atoms with Gasteiger partial charge in [0.2, 0.25) is 0 Å². The maximum absolute atomic E-state index is 12.4. The van der Waals surface area contributed by atoms with E-state index in [1.165, 1.54) is 18.3 Å². The van der Waals surface area contributed by atoms with Gasteiger partial charge in [-0.15, -0.1) is 0 Å². The lowest BCUT2D eigenvalue weighted by Crippen LogP contribution is -2.49. The maximum atomic E-state index is 12.4. The van der Waals surface area contributed by atoms with Crippen LogP contribution in [-0.4, -0.2) is 46.9 Å². The van der Waals surface area contributed by atoms with Gasteiger partial charge < -0.3 is 9.80 Å². The highest BCUT2D eigenvalue weighted by Crippen LogP contribution is 2.21. The van der Waals surface area contributed by atoms with E-state index in [9.17, 15) is 14.9 Å². The van der Waals surface area contributed by atoms with Crippen molar-refractivity contribution >= 4 is 28.9 Å². The molecule has 1 saturated heterocycles. The van der Waals surface area contributed by atoms with Crippen molar-refractivity contribution in [2.45, 2.75) is 0 Å². The Morgan fingerprint density at radius 1 is 1.12 bits per heavy atom. The standard InChI is InChI=1S/C16H15ClN4O3/c17-12-5-6-18-15(11-12)16(22)20-9-7-19(8-10-20)13-1-3-14(4-2-13)21(23)24/h1-6,11H,7-10H2. The predicted molar refractivity (Wildman–Crippen MR) is 90.5 cm³/mol. The normalized spacial score (nSPS) is 14.5. The van der Waals surface area contributed by atoms with Crippen LogP contribution in [0.2, 0.25) is 5.02 Å². The molecular formula is C16H15ClN4O3. The number of amides is 1. The van der Waals surface area contributed by atoms with E-state index in [2.05, 4.69) is 9.88 Å². The summed E-state index contributed by atoms with van der Waals surface area (Å²) in [6.07, 6.45) is 1.52. The van der Waals surface area contributed by atoms with Crippen molar-refractivity contribution in [3.63, 3.8) is 0 Å². The molecule has 0 aliphatic carbocycles. The Morgan fingerprint density at radius 2 is 1.79 bits per heavy atom. The molecule has 3 rings (SSSR count). The van der Waals surface area contributed by atoms with E-state index in [0.717, 1.165) is 5.69 Å². The molecule has 0 spiro atoms. The quantitative estimate of drug-likeness (QED) is 0.630. The number of nitro benzene ring substituents is 1. The van der Waals surface area contributed by atoms with Crippen LogP contribution in [0.4, 0.5) is 11.4 Å². The van der Waals surface area contributed by atoms with Gasteiger partial charge in [0.05, 0.1) is 4.92 Å². The predicted octanol–water partition coefficient (Wildman–Crippen LogP) is 2.61. The largest absolute Gasteiger partial charge is 0.368 e. The van der Waals surface area contributed by atoms with Gasteiger partial charge in [-0.1, -0.05) is 11.6 Å². The summed E-state index contributed by atoms with van der Waals surface area (Å²) in [5.74, 6) is -0.138. The number of rotatable bonds is 3. The molecule has 124 valence electrons. The maximum Gasteiger partial charge on any atom is 0.272 e. The first-order chi connectivity index (χ1) is 11.5. The number of halogens is 1. The van der Waals surface area contributed by atoms with Gasteiger partial charge in [-0.25, -0.2) is 0 Å². The highest BCUT2D eigenvalue weighted by Gasteiger charge is 2.23. The Morgan fingerprint density at radius 3 is 2.38 bits per heavy atom. The average Bonchev–Trinajstić information content (AvgIpc) is 2.61. The van der Waals surface area contributed by atoms with Gasteiger partial charge in [0.1, 0.15) is 5.69 Å². The van der Waals surface area contributed by atoms with Crippen LogP contribution in [0.3, 0.4) is 0 Å². The second-order valence-electron chi connectivity index (χ2n) is 5.41. The van der Waals surface area contributed by atoms with Crippen LogP contribution in [0, 0.1) is 10.1 Å². The van der Waals surface area contributed by atoms with Crippen LogP contribution < -0.4 is 4.90 Å². The molecule has 1 aliphatic heterocycles. The highest BCUT2D eigenvalue weighted by atomic mass is 35.5. The molecule has 1 fully saturated rings. The lowest BCUT2D eigenvalue weighted by Gasteiger charge is -2.36. The molecule has 0 bridgehead atoms. The number of pyridine rings is 1. The second kappa shape index (κ2) is 6.84. The first-order valence-corrected chi connectivity index (χ1v) is 7.82. The van der Waals surface area contributed by atoms with E-state index in [4.69, 9.17) is 11.6 Å². The molecule has 0 atom stereocenters. The number of nitrogens with zero attached hydrogens (tertiary/aromatic N) is 4. The summed E-state index contributed by atoms with van der Waals surface area (Å²) in [5, 5.41) is 11.2. The van der Waals surface area contributed by atoms with Gasteiger partial charge in [-0.05, 0) is 24.3 Å². The summed E-state index contributed by atoms with van der Waals surface area (Å²) >= 11 is 5.90. The van der Waals surface area contributed by atoms with Gasteiger partial charge in [-0.3, -0.25) is 19.9 Å². The first kappa shape index (κ1) is 16.2. The van der Waals surface area contributed by atoms with Crippen molar-refractivity contribution in [1.29, 1.82) is 0 Å². The minimum atomic E-state index is -0.418. The molecule has 1 aliphatic rings. The van der Waals surface area contributed by atoms with E-state index in [1.807, 2.05) is 0 Å². The summed E-state index contributed by atoms with van der Waals surface area (Å²) in [5.41, 5.74) is 1.32. The molecule has 1 aromatic heterocycles. The third-order valence-electron chi connectivity index (χ3n) is 3.93. The zero-order chi connectivity index (χ0) is 17.1. The van der Waals surface area contributed by atoms with E-state index in [1.54, 1.807) is 29.2 Å². The molecular weight excluding hydrogens is 332 g/mol. The third-order valence-corrected chi connectivity index (χ3v) is 4.17. The van der Waals surface area contributed by atoms with Gasteiger partial charge in [0, 0.05) is 55.2 Å². The van der Waals surface area contributed by atoms with Gasteiger partial charge >= 0.3 is 0 Å². The Balaban J connectivity index is 1.63. The zero-order valence-electron chi connectivity index (χ0n) is 12.8. The smallest absolute Gasteiger partial charge is 0.272 e. The van der Waals surface area contributed by atoms with Crippen LogP contribution in [0.15, 0.2) is 42.6 Å². The van der Waals surface area contributed by atoms with Crippen molar-refractivity contribution in [2.75, 3.05) is 31.1 Å².